The Bertz CT molecular complexity index is 1470. The highest BCUT2D eigenvalue weighted by Gasteiger charge is 2.37. The van der Waals surface area contributed by atoms with E-state index in [0.717, 1.165) is 0 Å². The van der Waals surface area contributed by atoms with E-state index in [1.54, 1.807) is 25.1 Å². The van der Waals surface area contributed by atoms with Crippen LogP contribution in [0.15, 0.2) is 30.6 Å². The number of sulfonamides is 1. The van der Waals surface area contributed by atoms with Gasteiger partial charge in [-0.25, -0.2) is 26.8 Å². The number of nitrogens with one attached hydrogen (secondary N) is 1. The molecule has 15 heteroatoms. The fraction of sp³-hybridized carbons (Fsp3) is 0.455. The van der Waals surface area contributed by atoms with E-state index >= 15 is 0 Å². The highest BCUT2D eigenvalue weighted by Crippen LogP contribution is 2.39. The predicted octanol–water partition coefficient (Wildman–Crippen LogP) is 2.56. The van der Waals surface area contributed by atoms with E-state index in [-0.39, 0.29) is 23.3 Å². The molecule has 200 valence electrons. The lowest BCUT2D eigenvalue weighted by molar-refractivity contribution is 0.390. The van der Waals surface area contributed by atoms with Gasteiger partial charge in [-0.15, -0.1) is 10.2 Å². The molecular weight excluding hydrogens is 544 g/mol. The first-order valence-corrected chi connectivity index (χ1v) is 15.1. The van der Waals surface area contributed by atoms with Crippen LogP contribution in [-0.2, 0) is 19.9 Å². The fourth-order valence-corrected chi connectivity index (χ4v) is 7.22. The highest BCUT2D eigenvalue weighted by atomic mass is 35.5. The summed E-state index contributed by atoms with van der Waals surface area (Å²) in [6, 6.07) is 5.06. The Labute approximate surface area is 220 Å². The zero-order chi connectivity index (χ0) is 27.0. The summed E-state index contributed by atoms with van der Waals surface area (Å²) in [6.07, 6.45) is 3.13. The number of ether oxygens (including phenoxy) is 2. The number of halogens is 1. The third-order valence-corrected chi connectivity index (χ3v) is 10.2. The van der Waals surface area contributed by atoms with Crippen LogP contribution in [0, 0.1) is 0 Å². The molecule has 12 nitrogen and oxygen atoms in total. The lowest BCUT2D eigenvalue weighted by Crippen LogP contribution is -2.31. The van der Waals surface area contributed by atoms with Gasteiger partial charge < -0.3 is 9.47 Å². The molecule has 0 spiro atoms. The van der Waals surface area contributed by atoms with Crippen molar-refractivity contribution in [3.63, 3.8) is 0 Å². The Hall–Kier alpha value is -2.97. The predicted molar refractivity (Wildman–Crippen MR) is 138 cm³/mol. The topological polar surface area (TPSA) is 155 Å². The number of benzene rings is 1. The molecule has 4 rings (SSSR count). The summed E-state index contributed by atoms with van der Waals surface area (Å²) in [6.45, 7) is 3.22. The molecule has 1 aliphatic heterocycles. The number of para-hydroxylation sites is 1. The van der Waals surface area contributed by atoms with Crippen molar-refractivity contribution in [1.82, 2.24) is 24.7 Å². The molecular formula is C22H27ClN6O6S2. The zero-order valence-corrected chi connectivity index (χ0v) is 23.0. The number of aromatic nitrogens is 5. The van der Waals surface area contributed by atoms with E-state index in [4.69, 9.17) is 21.1 Å². The summed E-state index contributed by atoms with van der Waals surface area (Å²) < 4.78 is 66.4. The maximum Gasteiger partial charge on any atom is 0.243 e. The molecule has 0 saturated carbocycles. The standard InChI is InChI=1S/C22H27ClN6O6S2/c1-13(20-24-10-16(23)11-25-20)14(2)37(32,33)28-22-27-26-21(15-8-9-36(30,31)12-15)29(22)19-17(34-3)6-5-7-18(19)35-4/h5-7,10-11,13-15H,8-9,12H2,1-4H3,(H,27,28)/t13?,14?,15-/m1/s1. The van der Waals surface area contributed by atoms with E-state index in [0.29, 0.717) is 34.5 Å². The van der Waals surface area contributed by atoms with Gasteiger partial charge in [-0.1, -0.05) is 24.6 Å². The summed E-state index contributed by atoms with van der Waals surface area (Å²) in [5.74, 6) is -0.0274. The Balaban J connectivity index is 1.79. The third kappa shape index (κ3) is 5.50. The van der Waals surface area contributed by atoms with Gasteiger partial charge in [-0.3, -0.25) is 9.29 Å². The van der Waals surface area contributed by atoms with E-state index in [2.05, 4.69) is 24.9 Å². The van der Waals surface area contributed by atoms with Crippen LogP contribution in [0.25, 0.3) is 5.69 Å². The second-order valence-electron chi connectivity index (χ2n) is 8.73. The molecule has 1 aliphatic rings. The minimum absolute atomic E-state index is 0.00425. The Kier molecular flexibility index (Phi) is 7.62. The molecule has 37 heavy (non-hydrogen) atoms. The Morgan fingerprint density at radius 2 is 1.73 bits per heavy atom. The van der Waals surface area contributed by atoms with Crippen LogP contribution in [0.4, 0.5) is 5.95 Å². The van der Waals surface area contributed by atoms with Gasteiger partial charge >= 0.3 is 0 Å². The summed E-state index contributed by atoms with van der Waals surface area (Å²) in [7, 11) is -4.40. The zero-order valence-electron chi connectivity index (χ0n) is 20.6. The van der Waals surface area contributed by atoms with Crippen LogP contribution in [0.1, 0.15) is 43.8 Å². The summed E-state index contributed by atoms with van der Waals surface area (Å²) in [4.78, 5) is 8.28. The molecule has 0 radical (unpaired) electrons. The lowest BCUT2D eigenvalue weighted by atomic mass is 10.1. The first-order valence-electron chi connectivity index (χ1n) is 11.3. The number of hydrogen-bond donors (Lipinski definition) is 1. The first kappa shape index (κ1) is 27.1. The molecule has 1 N–H and O–H groups in total. The van der Waals surface area contributed by atoms with Gasteiger partial charge in [0.1, 0.15) is 28.8 Å². The maximum atomic E-state index is 13.5. The average molecular weight is 571 g/mol. The smallest absolute Gasteiger partial charge is 0.243 e. The largest absolute Gasteiger partial charge is 0.494 e. The Morgan fingerprint density at radius 1 is 1.11 bits per heavy atom. The summed E-state index contributed by atoms with van der Waals surface area (Å²) in [5.41, 5.74) is 0.344. The number of rotatable bonds is 9. The SMILES string of the molecule is COc1cccc(OC)c1-n1c(NS(=O)(=O)C(C)C(C)c2ncc(Cl)cn2)nnc1[C@@H]1CCS(=O)(=O)C1. The van der Waals surface area contributed by atoms with Crippen molar-refractivity contribution in [2.45, 2.75) is 37.4 Å². The van der Waals surface area contributed by atoms with Gasteiger partial charge in [-0.05, 0) is 25.5 Å². The fourth-order valence-electron chi connectivity index (χ4n) is 4.15. The highest BCUT2D eigenvalue weighted by molar-refractivity contribution is 7.93. The number of hydrogen-bond acceptors (Lipinski definition) is 10. The van der Waals surface area contributed by atoms with E-state index < -0.39 is 36.9 Å². The van der Waals surface area contributed by atoms with Crippen molar-refractivity contribution in [3.8, 4) is 17.2 Å². The minimum Gasteiger partial charge on any atom is -0.494 e. The van der Waals surface area contributed by atoms with Crippen LogP contribution in [0.3, 0.4) is 0 Å². The second-order valence-corrected chi connectivity index (χ2v) is 13.4. The Morgan fingerprint density at radius 3 is 2.27 bits per heavy atom. The quantitative estimate of drug-likeness (QED) is 0.405. The molecule has 3 aromatic rings. The van der Waals surface area contributed by atoms with Crippen LogP contribution < -0.4 is 14.2 Å². The van der Waals surface area contributed by atoms with Gasteiger partial charge in [0.05, 0.1) is 36.0 Å². The maximum absolute atomic E-state index is 13.5. The number of sulfone groups is 1. The molecule has 3 atom stereocenters. The molecule has 1 saturated heterocycles. The minimum atomic E-state index is -4.06. The molecule has 1 fully saturated rings. The van der Waals surface area contributed by atoms with Gasteiger partial charge in [0.2, 0.25) is 16.0 Å². The number of methoxy groups -OCH3 is 2. The van der Waals surface area contributed by atoms with Gasteiger partial charge in [0.15, 0.2) is 9.84 Å². The van der Waals surface area contributed by atoms with Gasteiger partial charge in [0, 0.05) is 24.2 Å². The number of anilines is 1. The molecule has 3 heterocycles. The molecule has 0 aliphatic carbocycles. The molecule has 1 aromatic carbocycles. The van der Waals surface area contributed by atoms with Crippen molar-refractivity contribution in [2.24, 2.45) is 0 Å². The normalized spacial score (nSPS) is 18.8. The van der Waals surface area contributed by atoms with Crippen LogP contribution in [0.5, 0.6) is 11.5 Å². The van der Waals surface area contributed by atoms with Crippen LogP contribution >= 0.6 is 11.6 Å². The number of nitrogens with zero attached hydrogens (tertiary/aromatic N) is 5. The molecule has 2 aromatic heterocycles. The van der Waals surface area contributed by atoms with Gasteiger partial charge in [0.25, 0.3) is 0 Å². The van der Waals surface area contributed by atoms with Crippen molar-refractivity contribution >= 4 is 37.4 Å². The van der Waals surface area contributed by atoms with Crippen molar-refractivity contribution < 1.29 is 26.3 Å². The van der Waals surface area contributed by atoms with E-state index in [9.17, 15) is 16.8 Å². The molecule has 2 unspecified atom stereocenters. The van der Waals surface area contributed by atoms with Crippen molar-refractivity contribution in [3.05, 3.63) is 47.3 Å². The van der Waals surface area contributed by atoms with Crippen LogP contribution in [0.2, 0.25) is 5.02 Å². The van der Waals surface area contributed by atoms with E-state index in [1.807, 2.05) is 0 Å². The average Bonchev–Trinajstić information content (AvgIpc) is 3.44. The van der Waals surface area contributed by atoms with Crippen molar-refractivity contribution in [2.75, 3.05) is 30.4 Å². The van der Waals surface area contributed by atoms with Gasteiger partial charge in [-0.2, -0.15) is 0 Å². The molecule has 0 bridgehead atoms. The lowest BCUT2D eigenvalue weighted by Gasteiger charge is -2.22. The summed E-state index contributed by atoms with van der Waals surface area (Å²) in [5, 5.41) is 7.69. The van der Waals surface area contributed by atoms with Crippen LogP contribution in [-0.4, -0.2) is 72.5 Å². The third-order valence-electron chi connectivity index (χ3n) is 6.39. The van der Waals surface area contributed by atoms with E-state index in [1.165, 1.54) is 38.1 Å². The summed E-state index contributed by atoms with van der Waals surface area (Å²) >= 11 is 5.86. The molecule has 0 amide bonds. The first-order chi connectivity index (χ1) is 17.5. The second kappa shape index (κ2) is 10.4. The monoisotopic (exact) mass is 570 g/mol. The van der Waals surface area contributed by atoms with Crippen molar-refractivity contribution in [1.29, 1.82) is 0 Å².